The molecule has 0 atom stereocenters. The highest BCUT2D eigenvalue weighted by Crippen LogP contribution is 2.23. The van der Waals surface area contributed by atoms with Crippen LogP contribution in [-0.2, 0) is 22.6 Å². The number of carbonyl (C=O) groups is 1. The Balaban J connectivity index is 1.42. The third-order valence-corrected chi connectivity index (χ3v) is 5.29. The lowest BCUT2D eigenvalue weighted by Gasteiger charge is -2.38. The van der Waals surface area contributed by atoms with Crippen molar-refractivity contribution >= 4 is 5.91 Å². The summed E-state index contributed by atoms with van der Waals surface area (Å²) in [5.41, 5.74) is 0. The molecule has 0 radical (unpaired) electrons. The number of amides is 1. The standard InChI is InChI=1S/C18H30N4O2/c1-2-8-22-11-7-19-17(22)14-20-18(23)15-3-9-21(10-4-15)16-5-12-24-13-6-16/h7,11,15-16H,2-6,8-10,12-14H2,1H3,(H,20,23). The van der Waals surface area contributed by atoms with Crippen molar-refractivity contribution in [2.45, 2.75) is 58.2 Å². The topological polar surface area (TPSA) is 59.4 Å². The molecule has 0 saturated carbocycles. The van der Waals surface area contributed by atoms with E-state index < -0.39 is 0 Å². The molecule has 2 aliphatic rings. The predicted octanol–water partition coefficient (Wildman–Crippen LogP) is 1.80. The van der Waals surface area contributed by atoms with Gasteiger partial charge in [0.1, 0.15) is 5.82 Å². The molecule has 3 rings (SSSR count). The molecule has 0 aliphatic carbocycles. The van der Waals surface area contributed by atoms with Crippen molar-refractivity contribution in [2.75, 3.05) is 26.3 Å². The maximum Gasteiger partial charge on any atom is 0.223 e. The first-order chi connectivity index (χ1) is 11.8. The van der Waals surface area contributed by atoms with Gasteiger partial charge in [-0.25, -0.2) is 4.98 Å². The fourth-order valence-corrected chi connectivity index (χ4v) is 3.84. The van der Waals surface area contributed by atoms with E-state index in [-0.39, 0.29) is 11.8 Å². The normalized spacial score (nSPS) is 21.0. The van der Waals surface area contributed by atoms with Gasteiger partial charge in [-0.3, -0.25) is 4.79 Å². The van der Waals surface area contributed by atoms with Crippen LogP contribution in [0.25, 0.3) is 0 Å². The summed E-state index contributed by atoms with van der Waals surface area (Å²) < 4.78 is 7.56. The number of hydrogen-bond acceptors (Lipinski definition) is 4. The van der Waals surface area contributed by atoms with Crippen molar-refractivity contribution in [3.05, 3.63) is 18.2 Å². The van der Waals surface area contributed by atoms with Gasteiger partial charge in [-0.15, -0.1) is 0 Å². The van der Waals surface area contributed by atoms with E-state index in [0.29, 0.717) is 12.6 Å². The van der Waals surface area contributed by atoms with Gasteiger partial charge in [-0.1, -0.05) is 6.92 Å². The lowest BCUT2D eigenvalue weighted by atomic mass is 9.93. The molecule has 0 unspecified atom stereocenters. The molecule has 1 amide bonds. The van der Waals surface area contributed by atoms with E-state index in [1.165, 1.54) is 0 Å². The minimum absolute atomic E-state index is 0.149. The highest BCUT2D eigenvalue weighted by molar-refractivity contribution is 5.78. The minimum Gasteiger partial charge on any atom is -0.381 e. The fraction of sp³-hybridized carbons (Fsp3) is 0.778. The van der Waals surface area contributed by atoms with Crippen LogP contribution in [0.15, 0.2) is 12.4 Å². The number of piperidine rings is 1. The summed E-state index contributed by atoms with van der Waals surface area (Å²) in [5, 5.41) is 3.09. The molecule has 0 spiro atoms. The summed E-state index contributed by atoms with van der Waals surface area (Å²) in [6, 6.07) is 0.657. The first-order valence-corrected chi connectivity index (χ1v) is 9.37. The first-order valence-electron chi connectivity index (χ1n) is 9.37. The van der Waals surface area contributed by atoms with Crippen molar-refractivity contribution in [1.29, 1.82) is 0 Å². The Hall–Kier alpha value is -1.40. The van der Waals surface area contributed by atoms with Crippen LogP contribution in [0.1, 0.15) is 44.9 Å². The average Bonchev–Trinajstić information content (AvgIpc) is 3.08. The third kappa shape index (κ3) is 4.36. The van der Waals surface area contributed by atoms with Gasteiger partial charge in [0.05, 0.1) is 6.54 Å². The predicted molar refractivity (Wildman–Crippen MR) is 92.5 cm³/mol. The van der Waals surface area contributed by atoms with E-state index in [1.54, 1.807) is 0 Å². The fourth-order valence-electron chi connectivity index (χ4n) is 3.84. The van der Waals surface area contributed by atoms with Crippen LogP contribution in [0.3, 0.4) is 0 Å². The van der Waals surface area contributed by atoms with Crippen LogP contribution in [0.5, 0.6) is 0 Å². The number of ether oxygens (including phenoxy) is 1. The lowest BCUT2D eigenvalue weighted by Crippen LogP contribution is -2.46. The van der Waals surface area contributed by atoms with Gasteiger partial charge in [0.25, 0.3) is 0 Å². The summed E-state index contributed by atoms with van der Waals surface area (Å²) in [6.45, 7) is 7.47. The van der Waals surface area contributed by atoms with Crippen LogP contribution in [0.4, 0.5) is 0 Å². The second kappa shape index (κ2) is 8.62. The zero-order valence-corrected chi connectivity index (χ0v) is 14.7. The van der Waals surface area contributed by atoms with E-state index in [9.17, 15) is 4.79 Å². The number of likely N-dealkylation sites (tertiary alicyclic amines) is 1. The second-order valence-corrected chi connectivity index (χ2v) is 6.91. The molecule has 0 aromatic carbocycles. The summed E-state index contributed by atoms with van der Waals surface area (Å²) in [5.74, 6) is 1.29. The second-order valence-electron chi connectivity index (χ2n) is 6.91. The monoisotopic (exact) mass is 334 g/mol. The molecule has 1 aromatic heterocycles. The van der Waals surface area contributed by atoms with Gasteiger partial charge < -0.3 is 19.5 Å². The molecular weight excluding hydrogens is 304 g/mol. The molecule has 2 saturated heterocycles. The molecule has 3 heterocycles. The third-order valence-electron chi connectivity index (χ3n) is 5.29. The largest absolute Gasteiger partial charge is 0.381 e. The number of hydrogen-bond donors (Lipinski definition) is 1. The van der Waals surface area contributed by atoms with Crippen LogP contribution in [0, 0.1) is 5.92 Å². The molecule has 2 fully saturated rings. The summed E-state index contributed by atoms with van der Waals surface area (Å²) in [6.07, 6.45) is 9.07. The summed E-state index contributed by atoms with van der Waals surface area (Å²) in [7, 11) is 0. The van der Waals surface area contributed by atoms with Crippen molar-refractivity contribution in [3.8, 4) is 0 Å². The molecule has 24 heavy (non-hydrogen) atoms. The maximum atomic E-state index is 12.5. The Morgan fingerprint density at radius 3 is 2.75 bits per heavy atom. The van der Waals surface area contributed by atoms with Gasteiger partial charge in [0.15, 0.2) is 0 Å². The first kappa shape index (κ1) is 17.4. The summed E-state index contributed by atoms with van der Waals surface area (Å²) in [4.78, 5) is 19.4. The number of nitrogens with one attached hydrogen (secondary N) is 1. The lowest BCUT2D eigenvalue weighted by molar-refractivity contribution is -0.127. The molecule has 0 bridgehead atoms. The van der Waals surface area contributed by atoms with E-state index >= 15 is 0 Å². The Kier molecular flexibility index (Phi) is 6.26. The number of carbonyl (C=O) groups excluding carboxylic acids is 1. The van der Waals surface area contributed by atoms with Crippen molar-refractivity contribution in [3.63, 3.8) is 0 Å². The molecule has 1 aromatic rings. The van der Waals surface area contributed by atoms with Crippen LogP contribution in [-0.4, -0.2) is 52.7 Å². The molecule has 134 valence electrons. The van der Waals surface area contributed by atoms with E-state index in [0.717, 1.165) is 70.8 Å². The average molecular weight is 334 g/mol. The number of nitrogens with zero attached hydrogens (tertiary/aromatic N) is 3. The van der Waals surface area contributed by atoms with E-state index in [4.69, 9.17) is 4.74 Å². The molecular formula is C18H30N4O2. The van der Waals surface area contributed by atoms with Crippen LogP contribution >= 0.6 is 0 Å². The van der Waals surface area contributed by atoms with Crippen molar-refractivity contribution in [2.24, 2.45) is 5.92 Å². The van der Waals surface area contributed by atoms with Gasteiger partial charge >= 0.3 is 0 Å². The highest BCUT2D eigenvalue weighted by atomic mass is 16.5. The van der Waals surface area contributed by atoms with Gasteiger partial charge in [-0.2, -0.15) is 0 Å². The minimum atomic E-state index is 0.149. The number of imidazole rings is 1. The number of aryl methyl sites for hydroxylation is 1. The van der Waals surface area contributed by atoms with Crippen molar-refractivity contribution in [1.82, 2.24) is 19.8 Å². The van der Waals surface area contributed by atoms with Gasteiger partial charge in [0, 0.05) is 44.1 Å². The SMILES string of the molecule is CCCn1ccnc1CNC(=O)C1CCN(C2CCOCC2)CC1. The van der Waals surface area contributed by atoms with E-state index in [1.807, 2.05) is 12.4 Å². The van der Waals surface area contributed by atoms with Gasteiger partial charge in [0.2, 0.25) is 5.91 Å². The Morgan fingerprint density at radius 2 is 2.04 bits per heavy atom. The zero-order chi connectivity index (χ0) is 16.8. The number of rotatable bonds is 6. The van der Waals surface area contributed by atoms with Gasteiger partial charge in [-0.05, 0) is 45.2 Å². The molecule has 1 N–H and O–H groups in total. The smallest absolute Gasteiger partial charge is 0.223 e. The summed E-state index contributed by atoms with van der Waals surface area (Å²) >= 11 is 0. The Morgan fingerprint density at radius 1 is 1.29 bits per heavy atom. The molecule has 2 aliphatic heterocycles. The number of aromatic nitrogens is 2. The van der Waals surface area contributed by atoms with Crippen molar-refractivity contribution < 1.29 is 9.53 Å². The highest BCUT2D eigenvalue weighted by Gasteiger charge is 2.29. The van der Waals surface area contributed by atoms with Crippen LogP contribution < -0.4 is 5.32 Å². The maximum absolute atomic E-state index is 12.5. The van der Waals surface area contributed by atoms with Crippen LogP contribution in [0.2, 0.25) is 0 Å². The Labute approximate surface area is 144 Å². The zero-order valence-electron chi connectivity index (χ0n) is 14.7. The quantitative estimate of drug-likeness (QED) is 0.862. The van der Waals surface area contributed by atoms with E-state index in [2.05, 4.69) is 26.7 Å². The Bertz CT molecular complexity index is 517. The molecule has 6 nitrogen and oxygen atoms in total. The molecule has 6 heteroatoms.